The van der Waals surface area contributed by atoms with Crippen LogP contribution in [-0.4, -0.2) is 28.9 Å². The first kappa shape index (κ1) is 22.4. The van der Waals surface area contributed by atoms with Crippen LogP contribution in [0.2, 0.25) is 0 Å². The zero-order valence-corrected chi connectivity index (χ0v) is 18.1. The summed E-state index contributed by atoms with van der Waals surface area (Å²) in [6.07, 6.45) is -2.69. The Balaban J connectivity index is 2.13. The molecule has 2 aromatic carbocycles. The second-order valence-corrected chi connectivity index (χ2v) is 8.72. The van der Waals surface area contributed by atoms with Crippen molar-refractivity contribution >= 4 is 28.9 Å². The summed E-state index contributed by atoms with van der Waals surface area (Å²) in [4.78, 5) is 12.8. The number of aromatic nitrogens is 1. The summed E-state index contributed by atoms with van der Waals surface area (Å²) in [6.45, 7) is 4.11. The molecule has 1 heterocycles. The van der Waals surface area contributed by atoms with Crippen LogP contribution in [0.25, 0.3) is 22.0 Å². The molecular weight excluding hydrogens is 411 g/mol. The third-order valence-corrected chi connectivity index (χ3v) is 5.31. The van der Waals surface area contributed by atoms with Crippen molar-refractivity contribution in [1.82, 2.24) is 13.6 Å². The highest BCUT2D eigenvalue weighted by Gasteiger charge is 2.33. The van der Waals surface area contributed by atoms with Gasteiger partial charge in [0.2, 0.25) is 5.91 Å². The molecule has 160 valence electrons. The van der Waals surface area contributed by atoms with E-state index in [4.69, 9.17) is 0 Å². The monoisotopic (exact) mass is 435 g/mol. The predicted octanol–water partition coefficient (Wildman–Crippen LogP) is 5.84. The molecule has 1 aromatic heterocycles. The maximum absolute atomic E-state index is 13.5. The van der Waals surface area contributed by atoms with E-state index in [2.05, 4.69) is 4.72 Å². The first-order valence-electron chi connectivity index (χ1n) is 9.51. The normalized spacial score (nSPS) is 12.3. The molecule has 3 rings (SSSR count). The van der Waals surface area contributed by atoms with Gasteiger partial charge in [0, 0.05) is 36.2 Å². The number of fused-ring (bicyclic) bond motifs is 1. The van der Waals surface area contributed by atoms with Gasteiger partial charge in [-0.15, -0.1) is 0 Å². The summed E-state index contributed by atoms with van der Waals surface area (Å²) >= 11 is 1.43. The quantitative estimate of drug-likeness (QED) is 0.494. The lowest BCUT2D eigenvalue weighted by atomic mass is 9.98. The lowest BCUT2D eigenvalue weighted by Gasteiger charge is -2.13. The van der Waals surface area contributed by atoms with E-state index in [-0.39, 0.29) is 17.4 Å². The third kappa shape index (κ3) is 4.71. The second-order valence-electron chi connectivity index (χ2n) is 7.52. The van der Waals surface area contributed by atoms with Crippen molar-refractivity contribution in [3.05, 3.63) is 59.8 Å². The van der Waals surface area contributed by atoms with Crippen molar-refractivity contribution in [3.63, 3.8) is 0 Å². The number of nitrogens with zero attached hydrogens (tertiary/aromatic N) is 2. The van der Waals surface area contributed by atoms with Gasteiger partial charge in [-0.05, 0) is 42.9 Å². The van der Waals surface area contributed by atoms with E-state index in [0.29, 0.717) is 17.6 Å². The molecule has 1 N–H and O–H groups in total. The van der Waals surface area contributed by atoms with Gasteiger partial charge in [0.1, 0.15) is 0 Å². The van der Waals surface area contributed by atoms with Gasteiger partial charge in [-0.3, -0.25) is 9.36 Å². The molecule has 0 bridgehead atoms. The highest BCUT2D eigenvalue weighted by atomic mass is 32.2. The number of halogens is 3. The topological polar surface area (TPSA) is 37.3 Å². The molecule has 3 aromatic rings. The molecule has 0 aliphatic carbocycles. The van der Waals surface area contributed by atoms with Crippen molar-refractivity contribution < 1.29 is 18.0 Å². The molecule has 0 atom stereocenters. The summed E-state index contributed by atoms with van der Waals surface area (Å²) in [5, 5.41) is 0.837. The first-order valence-corrected chi connectivity index (χ1v) is 10.3. The van der Waals surface area contributed by atoms with Crippen molar-refractivity contribution in [3.8, 4) is 11.1 Å². The van der Waals surface area contributed by atoms with E-state index in [1.165, 1.54) is 24.3 Å². The maximum atomic E-state index is 13.5. The maximum Gasteiger partial charge on any atom is 0.417 e. The molecule has 4 nitrogen and oxygen atoms in total. The molecule has 0 radical (unpaired) electrons. The molecular formula is C22H24F3N3OS. The SMILES string of the molecule is CC(C)C(=O)n1cc(CNSN(C)C)c2ccc(-c3ccccc3C(F)(F)F)cc21. The Hall–Kier alpha value is -2.29. The van der Waals surface area contributed by atoms with Gasteiger partial charge in [0.25, 0.3) is 0 Å². The smallest absolute Gasteiger partial charge is 0.287 e. The minimum Gasteiger partial charge on any atom is -0.287 e. The molecule has 30 heavy (non-hydrogen) atoms. The largest absolute Gasteiger partial charge is 0.417 e. The predicted molar refractivity (Wildman–Crippen MR) is 116 cm³/mol. The van der Waals surface area contributed by atoms with Crippen LogP contribution in [0.15, 0.2) is 48.7 Å². The Morgan fingerprint density at radius 2 is 1.87 bits per heavy atom. The fourth-order valence-electron chi connectivity index (χ4n) is 3.29. The number of carbonyl (C=O) groups is 1. The van der Waals surface area contributed by atoms with E-state index in [9.17, 15) is 18.0 Å². The van der Waals surface area contributed by atoms with E-state index in [1.807, 2.05) is 18.4 Å². The number of alkyl halides is 3. The Labute approximate surface area is 178 Å². The Kier molecular flexibility index (Phi) is 6.59. The number of nitrogens with one attached hydrogen (secondary N) is 1. The van der Waals surface area contributed by atoms with E-state index < -0.39 is 11.7 Å². The molecule has 0 aliphatic heterocycles. The number of rotatable bonds is 6. The first-order chi connectivity index (χ1) is 14.1. The molecule has 0 spiro atoms. The molecule has 0 unspecified atom stereocenters. The minimum atomic E-state index is -4.46. The summed E-state index contributed by atoms with van der Waals surface area (Å²) in [6, 6.07) is 10.6. The molecule has 0 fully saturated rings. The Morgan fingerprint density at radius 3 is 2.50 bits per heavy atom. The van der Waals surface area contributed by atoms with Crippen LogP contribution in [0.5, 0.6) is 0 Å². The van der Waals surface area contributed by atoms with Gasteiger partial charge in [-0.2, -0.15) is 13.2 Å². The fourth-order valence-corrected chi connectivity index (χ4v) is 3.77. The summed E-state index contributed by atoms with van der Waals surface area (Å²) in [5.41, 5.74) is 1.34. The average molecular weight is 436 g/mol. The van der Waals surface area contributed by atoms with Gasteiger partial charge >= 0.3 is 6.18 Å². The van der Waals surface area contributed by atoms with Gasteiger partial charge < -0.3 is 0 Å². The second kappa shape index (κ2) is 8.83. The van der Waals surface area contributed by atoms with Crippen LogP contribution in [0.4, 0.5) is 13.2 Å². The van der Waals surface area contributed by atoms with E-state index in [0.717, 1.165) is 17.0 Å². The van der Waals surface area contributed by atoms with Gasteiger partial charge in [-0.25, -0.2) is 9.03 Å². The number of carbonyl (C=O) groups excluding carboxylic acids is 1. The Bertz CT molecular complexity index is 1060. The summed E-state index contributed by atoms with van der Waals surface area (Å²) in [5.74, 6) is -0.351. The third-order valence-electron chi connectivity index (χ3n) is 4.67. The standard InChI is InChI=1S/C22H24F3N3OS/c1-14(2)21(29)28-13-16(12-26-30-27(3)4)18-10-9-15(11-20(18)28)17-7-5-6-8-19(17)22(23,24)25/h5-11,13-14,26H,12H2,1-4H3. The zero-order chi connectivity index (χ0) is 22.1. The van der Waals surface area contributed by atoms with Crippen molar-refractivity contribution in [1.29, 1.82) is 0 Å². The Morgan fingerprint density at radius 1 is 1.17 bits per heavy atom. The molecule has 0 saturated heterocycles. The summed E-state index contributed by atoms with van der Waals surface area (Å²) in [7, 11) is 3.82. The van der Waals surface area contributed by atoms with Crippen molar-refractivity contribution in [2.24, 2.45) is 5.92 Å². The number of hydrogen-bond acceptors (Lipinski definition) is 4. The van der Waals surface area contributed by atoms with Gasteiger partial charge in [0.15, 0.2) is 0 Å². The minimum absolute atomic E-state index is 0.0967. The number of hydrogen-bond donors (Lipinski definition) is 1. The molecule has 0 saturated carbocycles. The zero-order valence-electron chi connectivity index (χ0n) is 17.2. The lowest BCUT2D eigenvalue weighted by molar-refractivity contribution is -0.137. The van der Waals surface area contributed by atoms with Crippen LogP contribution in [0.3, 0.4) is 0 Å². The highest BCUT2D eigenvalue weighted by molar-refractivity contribution is 7.95. The van der Waals surface area contributed by atoms with Crippen molar-refractivity contribution in [2.75, 3.05) is 14.1 Å². The van der Waals surface area contributed by atoms with E-state index >= 15 is 0 Å². The van der Waals surface area contributed by atoms with Gasteiger partial charge in [0.05, 0.1) is 11.1 Å². The van der Waals surface area contributed by atoms with Gasteiger partial charge in [-0.1, -0.05) is 44.2 Å². The van der Waals surface area contributed by atoms with Crippen LogP contribution >= 0.6 is 12.1 Å². The van der Waals surface area contributed by atoms with Crippen molar-refractivity contribution in [2.45, 2.75) is 26.6 Å². The number of benzene rings is 2. The lowest BCUT2D eigenvalue weighted by Crippen LogP contribution is -2.16. The summed E-state index contributed by atoms with van der Waals surface area (Å²) < 4.78 is 47.2. The molecule has 8 heteroatoms. The van der Waals surface area contributed by atoms with Crippen LogP contribution in [0.1, 0.15) is 29.8 Å². The molecule has 0 aliphatic rings. The van der Waals surface area contributed by atoms with Crippen LogP contribution in [0, 0.1) is 5.92 Å². The molecule has 0 amide bonds. The average Bonchev–Trinajstić information content (AvgIpc) is 3.04. The van der Waals surface area contributed by atoms with Crippen LogP contribution in [-0.2, 0) is 12.7 Å². The fraction of sp³-hybridized carbons (Fsp3) is 0.318. The highest BCUT2D eigenvalue weighted by Crippen LogP contribution is 2.38. The van der Waals surface area contributed by atoms with Crippen LogP contribution < -0.4 is 4.72 Å². The van der Waals surface area contributed by atoms with E-state index in [1.54, 1.807) is 48.9 Å².